The molecule has 0 saturated carbocycles. The van der Waals surface area contributed by atoms with Crippen LogP contribution in [-0.2, 0) is 4.74 Å². The molecule has 24 heavy (non-hydrogen) atoms. The maximum Gasteiger partial charge on any atom is 0.191 e. The van der Waals surface area contributed by atoms with E-state index in [2.05, 4.69) is 21.9 Å². The van der Waals surface area contributed by atoms with Gasteiger partial charge in [0.15, 0.2) is 5.96 Å². The summed E-state index contributed by atoms with van der Waals surface area (Å²) >= 11 is 1.93. The lowest BCUT2D eigenvalue weighted by atomic mass is 9.99. The molecule has 1 aliphatic heterocycles. The van der Waals surface area contributed by atoms with E-state index in [0.29, 0.717) is 6.61 Å². The van der Waals surface area contributed by atoms with Crippen molar-refractivity contribution in [2.24, 2.45) is 4.99 Å². The van der Waals surface area contributed by atoms with Crippen LogP contribution in [0.4, 0.5) is 0 Å². The Labute approximate surface area is 149 Å². The predicted octanol–water partition coefficient (Wildman–Crippen LogP) is 2.53. The summed E-state index contributed by atoms with van der Waals surface area (Å²) in [5.74, 6) is 1.77. The molecule has 134 valence electrons. The lowest BCUT2D eigenvalue weighted by Crippen LogP contribution is -2.48. The van der Waals surface area contributed by atoms with Gasteiger partial charge in [-0.1, -0.05) is 18.2 Å². The molecule has 0 aliphatic carbocycles. The number of nitrogens with one attached hydrogen (secondary N) is 2. The zero-order chi connectivity index (χ0) is 17.1. The minimum atomic E-state index is 0.256. The average Bonchev–Trinajstić information content (AvgIpc) is 2.65. The van der Waals surface area contributed by atoms with Gasteiger partial charge in [-0.2, -0.15) is 11.8 Å². The van der Waals surface area contributed by atoms with Gasteiger partial charge in [-0.3, -0.25) is 4.99 Å². The highest BCUT2D eigenvalue weighted by molar-refractivity contribution is 8.00. The Morgan fingerprint density at radius 3 is 2.67 bits per heavy atom. The first kappa shape index (κ1) is 18.9. The van der Waals surface area contributed by atoms with Gasteiger partial charge in [0, 0.05) is 38.1 Å². The fourth-order valence-electron chi connectivity index (χ4n) is 2.65. The van der Waals surface area contributed by atoms with Crippen molar-refractivity contribution >= 4 is 17.7 Å². The van der Waals surface area contributed by atoms with Crippen LogP contribution in [0.5, 0.6) is 5.75 Å². The van der Waals surface area contributed by atoms with Crippen LogP contribution in [0.1, 0.15) is 19.3 Å². The molecule has 6 heteroatoms. The molecular weight excluding hydrogens is 322 g/mol. The number of hydrogen-bond donors (Lipinski definition) is 2. The van der Waals surface area contributed by atoms with E-state index >= 15 is 0 Å². The number of thioether (sulfide) groups is 1. The second-order valence-corrected chi connectivity index (χ2v) is 7.14. The minimum absolute atomic E-state index is 0.256. The zero-order valence-electron chi connectivity index (χ0n) is 14.7. The van der Waals surface area contributed by atoms with Crippen LogP contribution in [0.15, 0.2) is 35.3 Å². The fraction of sp³-hybridized carbons (Fsp3) is 0.611. The SMILES string of the molecule is CN=C(NCCCOc1ccccc1)NCC1(SC)CCOCC1. The number of guanidine groups is 1. The third kappa shape index (κ3) is 6.24. The van der Waals surface area contributed by atoms with E-state index in [0.717, 1.165) is 57.3 Å². The summed E-state index contributed by atoms with van der Waals surface area (Å²) < 4.78 is 11.4. The molecule has 1 heterocycles. The maximum absolute atomic E-state index is 5.69. The van der Waals surface area contributed by atoms with E-state index in [1.54, 1.807) is 0 Å². The molecule has 1 aromatic rings. The Bertz CT molecular complexity index is 490. The molecular formula is C18H29N3O2S. The topological polar surface area (TPSA) is 54.9 Å². The number of rotatable bonds is 8. The molecule has 0 unspecified atom stereocenters. The summed E-state index contributed by atoms with van der Waals surface area (Å²) in [6.45, 7) is 4.15. The molecule has 1 aromatic carbocycles. The first-order valence-electron chi connectivity index (χ1n) is 8.53. The van der Waals surface area contributed by atoms with E-state index in [4.69, 9.17) is 9.47 Å². The molecule has 0 radical (unpaired) electrons. The second-order valence-electron chi connectivity index (χ2n) is 5.87. The third-order valence-corrected chi connectivity index (χ3v) is 5.68. The van der Waals surface area contributed by atoms with Gasteiger partial charge in [0.2, 0.25) is 0 Å². The highest BCUT2D eigenvalue weighted by Gasteiger charge is 2.31. The summed E-state index contributed by atoms with van der Waals surface area (Å²) in [4.78, 5) is 4.31. The molecule has 0 spiro atoms. The first-order valence-corrected chi connectivity index (χ1v) is 9.76. The van der Waals surface area contributed by atoms with E-state index in [-0.39, 0.29) is 4.75 Å². The van der Waals surface area contributed by atoms with Crippen molar-refractivity contribution in [1.82, 2.24) is 10.6 Å². The second kappa shape index (κ2) is 10.5. The molecule has 2 rings (SSSR count). The van der Waals surface area contributed by atoms with Crippen LogP contribution in [0.25, 0.3) is 0 Å². The van der Waals surface area contributed by atoms with Gasteiger partial charge in [-0.25, -0.2) is 0 Å². The lowest BCUT2D eigenvalue weighted by molar-refractivity contribution is 0.0783. The number of ether oxygens (including phenoxy) is 2. The maximum atomic E-state index is 5.69. The van der Waals surface area contributed by atoms with Crippen LogP contribution >= 0.6 is 11.8 Å². The van der Waals surface area contributed by atoms with Gasteiger partial charge < -0.3 is 20.1 Å². The summed E-state index contributed by atoms with van der Waals surface area (Å²) in [5, 5.41) is 6.82. The van der Waals surface area contributed by atoms with Gasteiger partial charge >= 0.3 is 0 Å². The van der Waals surface area contributed by atoms with Crippen molar-refractivity contribution in [2.75, 3.05) is 46.2 Å². The van der Waals surface area contributed by atoms with E-state index in [9.17, 15) is 0 Å². The number of aliphatic imine (C=N–C) groups is 1. The third-order valence-electron chi connectivity index (χ3n) is 4.26. The Morgan fingerprint density at radius 1 is 1.25 bits per heavy atom. The summed E-state index contributed by atoms with van der Waals surface area (Å²) in [6.07, 6.45) is 5.29. The highest BCUT2D eigenvalue weighted by Crippen LogP contribution is 2.32. The van der Waals surface area contributed by atoms with Crippen molar-refractivity contribution in [3.63, 3.8) is 0 Å². The number of benzene rings is 1. The lowest BCUT2D eigenvalue weighted by Gasteiger charge is -2.36. The standard InChI is InChI=1S/C18H29N3O2S/c1-19-17(21-15-18(24-2)9-13-22-14-10-18)20-11-6-12-23-16-7-4-3-5-8-16/h3-5,7-8H,6,9-15H2,1-2H3,(H2,19,20,21). The molecule has 1 saturated heterocycles. The summed E-state index contributed by atoms with van der Waals surface area (Å²) in [6, 6.07) is 9.91. The average molecular weight is 352 g/mol. The van der Waals surface area contributed by atoms with Gasteiger partial charge in [-0.05, 0) is 37.7 Å². The first-order chi connectivity index (χ1) is 11.8. The van der Waals surface area contributed by atoms with Gasteiger partial charge in [0.1, 0.15) is 5.75 Å². The summed E-state index contributed by atoms with van der Waals surface area (Å²) in [5.41, 5.74) is 0. The fourth-order valence-corrected chi connectivity index (χ4v) is 3.44. The van der Waals surface area contributed by atoms with Gasteiger partial charge in [-0.15, -0.1) is 0 Å². The van der Waals surface area contributed by atoms with E-state index in [1.807, 2.05) is 49.1 Å². The molecule has 5 nitrogen and oxygen atoms in total. The Kier molecular flexibility index (Phi) is 8.25. The minimum Gasteiger partial charge on any atom is -0.494 e. The van der Waals surface area contributed by atoms with Crippen LogP contribution in [0.2, 0.25) is 0 Å². The van der Waals surface area contributed by atoms with Crippen molar-refractivity contribution in [3.8, 4) is 5.75 Å². The quantitative estimate of drug-likeness (QED) is 0.428. The molecule has 0 bridgehead atoms. The Balaban J connectivity index is 1.63. The monoisotopic (exact) mass is 351 g/mol. The van der Waals surface area contributed by atoms with Crippen LogP contribution < -0.4 is 15.4 Å². The predicted molar refractivity (Wildman–Crippen MR) is 102 cm³/mol. The molecule has 2 N–H and O–H groups in total. The van der Waals surface area contributed by atoms with E-state index in [1.165, 1.54) is 0 Å². The van der Waals surface area contributed by atoms with Gasteiger partial charge in [0.05, 0.1) is 6.61 Å². The molecule has 1 fully saturated rings. The number of hydrogen-bond acceptors (Lipinski definition) is 4. The highest BCUT2D eigenvalue weighted by atomic mass is 32.2. The van der Waals surface area contributed by atoms with Crippen LogP contribution in [-0.4, -0.2) is 56.9 Å². The molecule has 0 aromatic heterocycles. The molecule has 1 aliphatic rings. The van der Waals surface area contributed by atoms with Crippen molar-refractivity contribution in [2.45, 2.75) is 24.0 Å². The van der Waals surface area contributed by atoms with Crippen molar-refractivity contribution in [1.29, 1.82) is 0 Å². The number of nitrogens with zero attached hydrogens (tertiary/aromatic N) is 1. The van der Waals surface area contributed by atoms with E-state index < -0.39 is 0 Å². The van der Waals surface area contributed by atoms with Crippen LogP contribution in [0.3, 0.4) is 0 Å². The van der Waals surface area contributed by atoms with Crippen molar-refractivity contribution < 1.29 is 9.47 Å². The summed E-state index contributed by atoms with van der Waals surface area (Å²) in [7, 11) is 1.81. The Morgan fingerprint density at radius 2 is 2.00 bits per heavy atom. The largest absolute Gasteiger partial charge is 0.494 e. The normalized spacial score (nSPS) is 17.3. The number of para-hydroxylation sites is 1. The smallest absolute Gasteiger partial charge is 0.191 e. The van der Waals surface area contributed by atoms with Crippen LogP contribution in [0, 0.1) is 0 Å². The molecule has 0 amide bonds. The zero-order valence-corrected chi connectivity index (χ0v) is 15.5. The Hall–Kier alpha value is -1.40. The van der Waals surface area contributed by atoms with Gasteiger partial charge in [0.25, 0.3) is 0 Å². The molecule has 0 atom stereocenters. The van der Waals surface area contributed by atoms with Crippen molar-refractivity contribution in [3.05, 3.63) is 30.3 Å².